The monoisotopic (exact) mass is 456 g/mol. The van der Waals surface area contributed by atoms with Crippen molar-refractivity contribution in [3.8, 4) is 5.75 Å². The minimum absolute atomic E-state index is 0.150. The van der Waals surface area contributed by atoms with Crippen LogP contribution in [0.1, 0.15) is 5.56 Å². The average Bonchev–Trinajstić information content (AvgIpc) is 2.73. The smallest absolute Gasteiger partial charge is 0.406 e. The molecule has 1 aliphatic heterocycles. The zero-order valence-corrected chi connectivity index (χ0v) is 16.9. The van der Waals surface area contributed by atoms with Gasteiger partial charge >= 0.3 is 6.36 Å². The van der Waals surface area contributed by atoms with E-state index in [0.717, 1.165) is 12.1 Å². The molecular formula is C20H19F3N2O5S. The van der Waals surface area contributed by atoms with Crippen LogP contribution in [-0.4, -0.2) is 51.3 Å². The van der Waals surface area contributed by atoms with Gasteiger partial charge < -0.3 is 14.8 Å². The van der Waals surface area contributed by atoms with Gasteiger partial charge in [-0.1, -0.05) is 12.1 Å². The van der Waals surface area contributed by atoms with Crippen LogP contribution in [0.15, 0.2) is 59.5 Å². The van der Waals surface area contributed by atoms with Gasteiger partial charge in [0.25, 0.3) is 0 Å². The maximum absolute atomic E-state index is 12.6. The third-order valence-electron chi connectivity index (χ3n) is 4.27. The number of hydrogen-bond acceptors (Lipinski definition) is 5. The highest BCUT2D eigenvalue weighted by molar-refractivity contribution is 7.89. The molecule has 1 heterocycles. The molecular weight excluding hydrogens is 437 g/mol. The number of nitrogens with zero attached hydrogens (tertiary/aromatic N) is 1. The van der Waals surface area contributed by atoms with E-state index in [1.165, 1.54) is 40.7 Å². The lowest BCUT2D eigenvalue weighted by Gasteiger charge is -2.26. The summed E-state index contributed by atoms with van der Waals surface area (Å²) < 4.78 is 71.9. The fourth-order valence-corrected chi connectivity index (χ4v) is 4.19. The number of sulfonamides is 1. The Labute approximate surface area is 177 Å². The summed E-state index contributed by atoms with van der Waals surface area (Å²) in [6.45, 7) is 1.31. The number of benzene rings is 2. The minimum Gasteiger partial charge on any atom is -0.406 e. The molecule has 166 valence electrons. The van der Waals surface area contributed by atoms with Gasteiger partial charge in [-0.15, -0.1) is 13.2 Å². The first-order chi connectivity index (χ1) is 14.6. The van der Waals surface area contributed by atoms with Crippen LogP contribution in [0.2, 0.25) is 0 Å². The molecule has 0 atom stereocenters. The molecule has 11 heteroatoms. The lowest BCUT2D eigenvalue weighted by Crippen LogP contribution is -2.40. The summed E-state index contributed by atoms with van der Waals surface area (Å²) >= 11 is 0. The average molecular weight is 456 g/mol. The fraction of sp³-hybridized carbons (Fsp3) is 0.250. The molecule has 2 aromatic rings. The van der Waals surface area contributed by atoms with Crippen molar-refractivity contribution in [1.29, 1.82) is 0 Å². The highest BCUT2D eigenvalue weighted by Gasteiger charge is 2.31. The van der Waals surface area contributed by atoms with Crippen LogP contribution in [0.25, 0.3) is 6.08 Å². The van der Waals surface area contributed by atoms with Crippen LogP contribution in [-0.2, 0) is 19.6 Å². The van der Waals surface area contributed by atoms with E-state index in [1.54, 1.807) is 12.1 Å². The quantitative estimate of drug-likeness (QED) is 0.675. The van der Waals surface area contributed by atoms with Crippen LogP contribution in [0.4, 0.5) is 18.9 Å². The van der Waals surface area contributed by atoms with E-state index in [4.69, 9.17) is 4.74 Å². The van der Waals surface area contributed by atoms with Crippen molar-refractivity contribution in [2.45, 2.75) is 11.3 Å². The number of anilines is 1. The van der Waals surface area contributed by atoms with Crippen LogP contribution in [0.3, 0.4) is 0 Å². The molecule has 0 saturated carbocycles. The number of rotatable bonds is 6. The highest BCUT2D eigenvalue weighted by Crippen LogP contribution is 2.24. The van der Waals surface area contributed by atoms with Gasteiger partial charge in [-0.2, -0.15) is 4.31 Å². The standard InChI is InChI=1S/C20H19F3N2O5S/c21-20(22,23)30-17-6-4-16(5-7-17)24-19(26)10-3-15-1-8-18(9-2-15)31(27,28)25-11-13-29-14-12-25/h1-10H,11-14H2,(H,24,26)/b10-3+. The molecule has 0 spiro atoms. The molecule has 31 heavy (non-hydrogen) atoms. The van der Waals surface area contributed by atoms with E-state index in [0.29, 0.717) is 31.9 Å². The normalized spacial score (nSPS) is 15.7. The Morgan fingerprint density at radius 2 is 1.65 bits per heavy atom. The zero-order valence-electron chi connectivity index (χ0n) is 16.1. The van der Waals surface area contributed by atoms with Crippen molar-refractivity contribution in [3.05, 3.63) is 60.2 Å². The molecule has 0 aromatic heterocycles. The van der Waals surface area contributed by atoms with Crippen molar-refractivity contribution in [3.63, 3.8) is 0 Å². The maximum atomic E-state index is 12.6. The van der Waals surface area contributed by atoms with Gasteiger partial charge in [0.15, 0.2) is 0 Å². The van der Waals surface area contributed by atoms with Gasteiger partial charge in [0.1, 0.15) is 5.75 Å². The van der Waals surface area contributed by atoms with Crippen LogP contribution in [0.5, 0.6) is 5.75 Å². The van der Waals surface area contributed by atoms with E-state index >= 15 is 0 Å². The number of morpholine rings is 1. The molecule has 7 nitrogen and oxygen atoms in total. The molecule has 2 aromatic carbocycles. The summed E-state index contributed by atoms with van der Waals surface area (Å²) in [7, 11) is -3.60. The molecule has 3 rings (SSSR count). The highest BCUT2D eigenvalue weighted by atomic mass is 32.2. The van der Waals surface area contributed by atoms with Crippen molar-refractivity contribution >= 4 is 27.7 Å². The summed E-state index contributed by atoms with van der Waals surface area (Å²) in [6, 6.07) is 10.8. The number of amides is 1. The number of ether oxygens (including phenoxy) is 2. The topological polar surface area (TPSA) is 84.9 Å². The Hall–Kier alpha value is -2.89. The second-order valence-corrected chi connectivity index (χ2v) is 8.42. The molecule has 0 bridgehead atoms. The molecule has 1 fully saturated rings. The Morgan fingerprint density at radius 3 is 2.23 bits per heavy atom. The molecule has 1 amide bonds. The third kappa shape index (κ3) is 6.54. The molecule has 1 N–H and O–H groups in total. The number of carbonyl (C=O) groups is 1. The van der Waals surface area contributed by atoms with Gasteiger partial charge in [0.05, 0.1) is 18.1 Å². The van der Waals surface area contributed by atoms with E-state index in [2.05, 4.69) is 10.1 Å². The number of carbonyl (C=O) groups excluding carboxylic acids is 1. The van der Waals surface area contributed by atoms with Gasteiger partial charge in [-0.25, -0.2) is 8.42 Å². The number of nitrogens with one attached hydrogen (secondary N) is 1. The first-order valence-corrected chi connectivity index (χ1v) is 10.6. The van der Waals surface area contributed by atoms with E-state index in [-0.39, 0.29) is 10.6 Å². The fourth-order valence-electron chi connectivity index (χ4n) is 2.78. The molecule has 0 unspecified atom stereocenters. The Balaban J connectivity index is 1.58. The lowest BCUT2D eigenvalue weighted by molar-refractivity contribution is -0.274. The van der Waals surface area contributed by atoms with Crippen LogP contribution >= 0.6 is 0 Å². The van der Waals surface area contributed by atoms with Gasteiger partial charge in [-0.3, -0.25) is 4.79 Å². The predicted octanol–water partition coefficient (Wildman–Crippen LogP) is 3.26. The van der Waals surface area contributed by atoms with Crippen molar-refractivity contribution < 1.29 is 35.9 Å². The van der Waals surface area contributed by atoms with E-state index in [9.17, 15) is 26.4 Å². The SMILES string of the molecule is O=C(/C=C/c1ccc(S(=O)(=O)N2CCOCC2)cc1)Nc1ccc(OC(F)(F)F)cc1. The lowest BCUT2D eigenvalue weighted by atomic mass is 10.2. The minimum atomic E-state index is -4.79. The second kappa shape index (κ2) is 9.50. The first-order valence-electron chi connectivity index (χ1n) is 9.16. The summed E-state index contributed by atoms with van der Waals surface area (Å²) in [5.74, 6) is -0.900. The Bertz CT molecular complexity index is 1030. The van der Waals surface area contributed by atoms with Crippen molar-refractivity contribution in [2.24, 2.45) is 0 Å². The summed E-state index contributed by atoms with van der Waals surface area (Å²) in [5, 5.41) is 2.50. The number of hydrogen-bond donors (Lipinski definition) is 1. The molecule has 0 aliphatic carbocycles. The van der Waals surface area contributed by atoms with E-state index < -0.39 is 28.0 Å². The molecule has 0 radical (unpaired) electrons. The van der Waals surface area contributed by atoms with Gasteiger partial charge in [0, 0.05) is 24.9 Å². The van der Waals surface area contributed by atoms with E-state index in [1.807, 2.05) is 0 Å². The number of alkyl halides is 3. The van der Waals surface area contributed by atoms with Crippen LogP contribution in [0, 0.1) is 0 Å². The van der Waals surface area contributed by atoms with Gasteiger partial charge in [0.2, 0.25) is 15.9 Å². The number of halogens is 3. The summed E-state index contributed by atoms with van der Waals surface area (Å²) in [5.41, 5.74) is 0.890. The Kier molecular flexibility index (Phi) is 6.98. The van der Waals surface area contributed by atoms with Crippen LogP contribution < -0.4 is 10.1 Å². The maximum Gasteiger partial charge on any atom is 0.573 e. The third-order valence-corrected chi connectivity index (χ3v) is 6.18. The first kappa shape index (κ1) is 22.8. The zero-order chi connectivity index (χ0) is 22.5. The van der Waals surface area contributed by atoms with Crippen molar-refractivity contribution in [1.82, 2.24) is 4.31 Å². The second-order valence-electron chi connectivity index (χ2n) is 6.48. The summed E-state index contributed by atoms with van der Waals surface area (Å²) in [4.78, 5) is 12.2. The van der Waals surface area contributed by atoms with Crippen molar-refractivity contribution in [2.75, 3.05) is 31.6 Å². The van der Waals surface area contributed by atoms with Gasteiger partial charge in [-0.05, 0) is 48.0 Å². The Morgan fingerprint density at radius 1 is 1.03 bits per heavy atom. The largest absolute Gasteiger partial charge is 0.573 e. The molecule has 1 saturated heterocycles. The predicted molar refractivity (Wildman–Crippen MR) is 107 cm³/mol. The summed E-state index contributed by atoms with van der Waals surface area (Å²) in [6.07, 6.45) is -2.07. The molecule has 1 aliphatic rings.